The Hall–Kier alpha value is -3.37. The highest BCUT2D eigenvalue weighted by molar-refractivity contribution is 8.13. The Labute approximate surface area is 211 Å². The van der Waals surface area contributed by atoms with E-state index < -0.39 is 33.9 Å². The van der Waals surface area contributed by atoms with E-state index in [0.717, 1.165) is 11.8 Å². The maximum atomic E-state index is 13.6. The van der Waals surface area contributed by atoms with E-state index in [1.807, 2.05) is 0 Å². The van der Waals surface area contributed by atoms with E-state index in [0.29, 0.717) is 26.8 Å². The Kier molecular flexibility index (Phi) is 8.89. The number of methoxy groups -OCH3 is 2. The van der Waals surface area contributed by atoms with Crippen molar-refractivity contribution in [2.75, 3.05) is 20.8 Å². The average molecular weight is 516 g/mol. The fraction of sp³-hybridized carbons (Fsp3) is 0.280. The number of thioether (sulfide) groups is 1. The molecule has 0 amide bonds. The normalized spacial score (nSPS) is 13.3. The number of nitrogens with zero attached hydrogens (tertiary/aromatic N) is 1. The standard InChI is InChI=1S/C25H25NO7S2/c1-25(21(15-26(29)30)22-5-4-14-34-22,24(28)35-20-12-10-19(32-3)11-13-20)23(27)33-16-17-6-8-18(31-2)9-7-17/h4-14,21H,15-16H2,1-3H3. The van der Waals surface area contributed by atoms with Crippen molar-refractivity contribution in [3.8, 4) is 11.5 Å². The topological polar surface area (TPSA) is 105 Å². The molecule has 184 valence electrons. The number of rotatable bonds is 11. The summed E-state index contributed by atoms with van der Waals surface area (Å²) in [5.41, 5.74) is -1.12. The maximum Gasteiger partial charge on any atom is 0.321 e. The Bertz CT molecular complexity index is 1150. The Balaban J connectivity index is 1.92. The minimum Gasteiger partial charge on any atom is -0.497 e. The molecule has 10 heteroatoms. The zero-order valence-electron chi connectivity index (χ0n) is 19.5. The monoisotopic (exact) mass is 515 g/mol. The van der Waals surface area contributed by atoms with Crippen LogP contribution >= 0.6 is 23.1 Å². The van der Waals surface area contributed by atoms with E-state index in [1.54, 1.807) is 73.2 Å². The van der Waals surface area contributed by atoms with Crippen molar-refractivity contribution in [2.24, 2.45) is 5.41 Å². The molecule has 0 aliphatic carbocycles. The third-order valence-electron chi connectivity index (χ3n) is 5.56. The third kappa shape index (κ3) is 6.40. The number of thiophene rings is 1. The highest BCUT2D eigenvalue weighted by Gasteiger charge is 2.53. The van der Waals surface area contributed by atoms with E-state index >= 15 is 0 Å². The second-order valence-electron chi connectivity index (χ2n) is 7.77. The van der Waals surface area contributed by atoms with Crippen LogP contribution in [-0.4, -0.2) is 36.8 Å². The number of benzene rings is 2. The summed E-state index contributed by atoms with van der Waals surface area (Å²) in [6.07, 6.45) is 0. The van der Waals surface area contributed by atoms with E-state index in [9.17, 15) is 19.7 Å². The SMILES string of the molecule is COc1ccc(COC(=O)C(C)(C(=O)Sc2ccc(OC)cc2)C(C[N+](=O)[O-])c2cccs2)cc1. The van der Waals surface area contributed by atoms with Gasteiger partial charge in [0, 0.05) is 14.7 Å². The number of hydrogen-bond acceptors (Lipinski definition) is 9. The van der Waals surface area contributed by atoms with Gasteiger partial charge in [0.05, 0.1) is 20.1 Å². The second-order valence-corrected chi connectivity index (χ2v) is 9.80. The number of carbonyl (C=O) groups is 2. The van der Waals surface area contributed by atoms with Crippen LogP contribution in [0.15, 0.2) is 70.9 Å². The largest absolute Gasteiger partial charge is 0.497 e. The van der Waals surface area contributed by atoms with Crippen LogP contribution in [0, 0.1) is 15.5 Å². The predicted molar refractivity (Wildman–Crippen MR) is 134 cm³/mol. The summed E-state index contributed by atoms with van der Waals surface area (Å²) < 4.78 is 15.9. The van der Waals surface area contributed by atoms with Crippen LogP contribution in [0.5, 0.6) is 11.5 Å². The Morgan fingerprint density at radius 2 is 1.63 bits per heavy atom. The van der Waals surface area contributed by atoms with Crippen LogP contribution in [-0.2, 0) is 20.9 Å². The molecule has 0 spiro atoms. The molecular weight excluding hydrogens is 490 g/mol. The molecule has 0 aliphatic heterocycles. The molecule has 2 atom stereocenters. The number of hydrogen-bond donors (Lipinski definition) is 0. The molecule has 35 heavy (non-hydrogen) atoms. The molecule has 0 N–H and O–H groups in total. The highest BCUT2D eigenvalue weighted by atomic mass is 32.2. The maximum absolute atomic E-state index is 13.6. The summed E-state index contributed by atoms with van der Waals surface area (Å²) in [7, 11) is 3.08. The van der Waals surface area contributed by atoms with Gasteiger partial charge in [-0.3, -0.25) is 19.7 Å². The molecule has 1 aromatic heterocycles. The lowest BCUT2D eigenvalue weighted by atomic mass is 9.77. The van der Waals surface area contributed by atoms with Gasteiger partial charge in [-0.25, -0.2) is 0 Å². The van der Waals surface area contributed by atoms with Crippen LogP contribution in [0.4, 0.5) is 0 Å². The van der Waals surface area contributed by atoms with Crippen LogP contribution in [0.1, 0.15) is 23.3 Å². The summed E-state index contributed by atoms with van der Waals surface area (Å²) >= 11 is 2.11. The predicted octanol–water partition coefficient (Wildman–Crippen LogP) is 5.19. The highest BCUT2D eigenvalue weighted by Crippen LogP contribution is 2.44. The first-order valence-electron chi connectivity index (χ1n) is 10.6. The Morgan fingerprint density at radius 3 is 2.14 bits per heavy atom. The van der Waals surface area contributed by atoms with Crippen molar-refractivity contribution in [1.82, 2.24) is 0 Å². The van der Waals surface area contributed by atoms with Gasteiger partial charge >= 0.3 is 5.97 Å². The van der Waals surface area contributed by atoms with Crippen LogP contribution in [0.25, 0.3) is 0 Å². The van der Waals surface area contributed by atoms with Gasteiger partial charge in [0.15, 0.2) is 0 Å². The Morgan fingerprint density at radius 1 is 1.03 bits per heavy atom. The minimum absolute atomic E-state index is 0.0888. The van der Waals surface area contributed by atoms with Crippen LogP contribution < -0.4 is 9.47 Å². The first kappa shape index (κ1) is 26.2. The quantitative estimate of drug-likeness (QED) is 0.113. The van der Waals surface area contributed by atoms with Crippen LogP contribution in [0.3, 0.4) is 0 Å². The molecule has 0 aliphatic rings. The lowest BCUT2D eigenvalue weighted by molar-refractivity contribution is -0.485. The fourth-order valence-electron chi connectivity index (χ4n) is 3.44. The number of esters is 1. The fourth-order valence-corrected chi connectivity index (χ4v) is 5.31. The van der Waals surface area contributed by atoms with Crippen molar-refractivity contribution in [2.45, 2.75) is 24.3 Å². The van der Waals surface area contributed by atoms with Crippen molar-refractivity contribution in [1.29, 1.82) is 0 Å². The third-order valence-corrected chi connectivity index (χ3v) is 7.67. The number of nitro groups is 1. The molecule has 2 aromatic carbocycles. The molecule has 3 aromatic rings. The molecule has 8 nitrogen and oxygen atoms in total. The molecule has 0 saturated heterocycles. The smallest absolute Gasteiger partial charge is 0.321 e. The summed E-state index contributed by atoms with van der Waals surface area (Å²) in [4.78, 5) is 39.3. The van der Waals surface area contributed by atoms with E-state index in [2.05, 4.69) is 0 Å². The second kappa shape index (κ2) is 11.9. The van der Waals surface area contributed by atoms with Crippen molar-refractivity contribution in [3.05, 3.63) is 86.6 Å². The van der Waals surface area contributed by atoms with E-state index in [1.165, 1.54) is 25.4 Å². The van der Waals surface area contributed by atoms with Gasteiger partial charge in [-0.05, 0) is 60.3 Å². The molecule has 0 bridgehead atoms. The van der Waals surface area contributed by atoms with Crippen LogP contribution in [0.2, 0.25) is 0 Å². The molecule has 0 radical (unpaired) electrons. The molecule has 2 unspecified atom stereocenters. The summed E-state index contributed by atoms with van der Waals surface area (Å²) in [5, 5.41) is 12.8. The lowest BCUT2D eigenvalue weighted by Crippen LogP contribution is -2.44. The van der Waals surface area contributed by atoms with Crippen molar-refractivity contribution >= 4 is 34.2 Å². The minimum atomic E-state index is -1.81. The van der Waals surface area contributed by atoms with Gasteiger partial charge in [0.1, 0.15) is 23.5 Å². The number of ether oxygens (including phenoxy) is 3. The molecule has 0 saturated carbocycles. The van der Waals surface area contributed by atoms with Gasteiger partial charge in [-0.15, -0.1) is 11.3 Å². The van der Waals surface area contributed by atoms with Crippen molar-refractivity contribution in [3.63, 3.8) is 0 Å². The zero-order chi connectivity index (χ0) is 25.4. The summed E-state index contributed by atoms with van der Waals surface area (Å²) in [6, 6.07) is 17.1. The van der Waals surface area contributed by atoms with Gasteiger partial charge in [0.25, 0.3) is 0 Å². The molecule has 1 heterocycles. The molecule has 0 fully saturated rings. The zero-order valence-corrected chi connectivity index (χ0v) is 21.1. The van der Waals surface area contributed by atoms with Crippen molar-refractivity contribution < 1.29 is 28.7 Å². The van der Waals surface area contributed by atoms with E-state index in [-0.39, 0.29) is 6.61 Å². The van der Waals surface area contributed by atoms with Gasteiger partial charge in [-0.2, -0.15) is 0 Å². The van der Waals surface area contributed by atoms with E-state index in [4.69, 9.17) is 14.2 Å². The lowest BCUT2D eigenvalue weighted by Gasteiger charge is -2.31. The van der Waals surface area contributed by atoms with Gasteiger partial charge < -0.3 is 14.2 Å². The summed E-state index contributed by atoms with van der Waals surface area (Å²) in [6.45, 7) is 0.744. The molecular formula is C25H25NO7S2. The number of carbonyl (C=O) groups excluding carboxylic acids is 2. The molecule has 3 rings (SSSR count). The average Bonchev–Trinajstić information content (AvgIpc) is 3.40. The summed E-state index contributed by atoms with van der Waals surface area (Å²) in [5.74, 6) is -0.549. The van der Waals surface area contributed by atoms with Gasteiger partial charge in [-0.1, -0.05) is 30.0 Å². The first-order valence-corrected chi connectivity index (χ1v) is 12.3. The first-order chi connectivity index (χ1) is 16.8. The van der Waals surface area contributed by atoms with Gasteiger partial charge in [0.2, 0.25) is 11.7 Å².